The first kappa shape index (κ1) is 16.3. The number of hydrogen-bond donors (Lipinski definition) is 1. The highest BCUT2D eigenvalue weighted by atomic mass is 15.1. The van der Waals surface area contributed by atoms with Crippen molar-refractivity contribution in [1.82, 2.24) is 10.2 Å². The van der Waals surface area contributed by atoms with Crippen LogP contribution >= 0.6 is 0 Å². The second-order valence-electron chi connectivity index (χ2n) is 7.12. The lowest BCUT2D eigenvalue weighted by Gasteiger charge is -2.31. The third-order valence-electron chi connectivity index (χ3n) is 5.42. The Morgan fingerprint density at radius 3 is 2.05 bits per heavy atom. The summed E-state index contributed by atoms with van der Waals surface area (Å²) in [7, 11) is 2.34. The molecule has 118 valence electrons. The SMILES string of the molecule is CN(CCCNC1CCCCCCC1)C1CCCCC1. The van der Waals surface area contributed by atoms with Crippen LogP contribution < -0.4 is 5.32 Å². The average molecular weight is 280 g/mol. The molecular formula is C18H36N2. The van der Waals surface area contributed by atoms with Crippen molar-refractivity contribution in [1.29, 1.82) is 0 Å². The molecule has 2 fully saturated rings. The molecule has 0 amide bonds. The summed E-state index contributed by atoms with van der Waals surface area (Å²) in [6.45, 7) is 2.51. The fourth-order valence-corrected chi connectivity index (χ4v) is 4.00. The quantitative estimate of drug-likeness (QED) is 0.728. The normalized spacial score (nSPS) is 23.7. The summed E-state index contributed by atoms with van der Waals surface area (Å²) in [5.41, 5.74) is 0. The standard InChI is InChI=1S/C18H36N2/c1-20(18-13-8-5-9-14-18)16-10-15-19-17-11-6-3-2-4-7-12-17/h17-19H,2-16H2,1H3. The maximum atomic E-state index is 3.82. The first-order valence-corrected chi connectivity index (χ1v) is 9.30. The third kappa shape index (κ3) is 6.13. The maximum Gasteiger partial charge on any atom is 0.00922 e. The van der Waals surface area contributed by atoms with Gasteiger partial charge in [-0.2, -0.15) is 0 Å². The minimum absolute atomic E-state index is 0.815. The lowest BCUT2D eigenvalue weighted by atomic mass is 9.94. The van der Waals surface area contributed by atoms with Crippen LogP contribution in [0.2, 0.25) is 0 Å². The van der Waals surface area contributed by atoms with Crippen LogP contribution in [-0.4, -0.2) is 37.1 Å². The summed E-state index contributed by atoms with van der Waals surface area (Å²) < 4.78 is 0. The van der Waals surface area contributed by atoms with E-state index in [1.54, 1.807) is 0 Å². The molecule has 20 heavy (non-hydrogen) atoms. The van der Waals surface area contributed by atoms with Gasteiger partial charge in [0.1, 0.15) is 0 Å². The first-order valence-electron chi connectivity index (χ1n) is 9.30. The molecule has 0 saturated heterocycles. The van der Waals surface area contributed by atoms with Crippen LogP contribution in [0.15, 0.2) is 0 Å². The van der Waals surface area contributed by atoms with E-state index in [-0.39, 0.29) is 0 Å². The van der Waals surface area contributed by atoms with Gasteiger partial charge in [-0.3, -0.25) is 0 Å². The van der Waals surface area contributed by atoms with Gasteiger partial charge in [0.15, 0.2) is 0 Å². The zero-order valence-electron chi connectivity index (χ0n) is 13.7. The monoisotopic (exact) mass is 280 g/mol. The van der Waals surface area contributed by atoms with Gasteiger partial charge in [-0.05, 0) is 52.2 Å². The van der Waals surface area contributed by atoms with Crippen LogP contribution in [0, 0.1) is 0 Å². The molecule has 2 aliphatic rings. The molecule has 0 heterocycles. The highest BCUT2D eigenvalue weighted by molar-refractivity contribution is 4.74. The molecule has 1 N–H and O–H groups in total. The number of nitrogens with one attached hydrogen (secondary N) is 1. The Morgan fingerprint density at radius 1 is 0.800 bits per heavy atom. The Bertz CT molecular complexity index is 224. The molecule has 0 radical (unpaired) electrons. The van der Waals surface area contributed by atoms with Crippen molar-refractivity contribution in [2.24, 2.45) is 0 Å². The average Bonchev–Trinajstić information content (AvgIpc) is 2.46. The Hall–Kier alpha value is -0.0800. The molecule has 0 aliphatic heterocycles. The van der Waals surface area contributed by atoms with Gasteiger partial charge in [-0.1, -0.05) is 51.4 Å². The lowest BCUT2D eigenvalue weighted by molar-refractivity contribution is 0.188. The molecule has 0 spiro atoms. The van der Waals surface area contributed by atoms with Gasteiger partial charge in [-0.25, -0.2) is 0 Å². The topological polar surface area (TPSA) is 15.3 Å². The second-order valence-corrected chi connectivity index (χ2v) is 7.12. The van der Waals surface area contributed by atoms with Gasteiger partial charge in [0.05, 0.1) is 0 Å². The van der Waals surface area contributed by atoms with E-state index in [0.717, 1.165) is 12.1 Å². The van der Waals surface area contributed by atoms with Crippen molar-refractivity contribution >= 4 is 0 Å². The van der Waals surface area contributed by atoms with Crippen molar-refractivity contribution in [2.45, 2.75) is 95.6 Å². The molecule has 0 atom stereocenters. The Labute approximate surface area is 126 Å². The van der Waals surface area contributed by atoms with Crippen LogP contribution in [0.4, 0.5) is 0 Å². The molecule has 2 nitrogen and oxygen atoms in total. The molecular weight excluding hydrogens is 244 g/mol. The van der Waals surface area contributed by atoms with Crippen LogP contribution in [0.25, 0.3) is 0 Å². The van der Waals surface area contributed by atoms with Crippen molar-refractivity contribution in [3.05, 3.63) is 0 Å². The van der Waals surface area contributed by atoms with Crippen molar-refractivity contribution in [3.8, 4) is 0 Å². The van der Waals surface area contributed by atoms with Gasteiger partial charge >= 0.3 is 0 Å². The molecule has 2 saturated carbocycles. The third-order valence-corrected chi connectivity index (χ3v) is 5.42. The predicted octanol–water partition coefficient (Wildman–Crippen LogP) is 4.34. The first-order chi connectivity index (χ1) is 9.86. The number of nitrogens with zero attached hydrogens (tertiary/aromatic N) is 1. The lowest BCUT2D eigenvalue weighted by Crippen LogP contribution is -2.36. The zero-order valence-corrected chi connectivity index (χ0v) is 13.7. The molecule has 2 rings (SSSR count). The Morgan fingerprint density at radius 2 is 1.35 bits per heavy atom. The van der Waals surface area contributed by atoms with E-state index in [4.69, 9.17) is 0 Å². The maximum absolute atomic E-state index is 3.82. The summed E-state index contributed by atoms with van der Waals surface area (Å²) in [5, 5.41) is 3.82. The molecule has 0 unspecified atom stereocenters. The largest absolute Gasteiger partial charge is 0.314 e. The number of rotatable bonds is 6. The minimum atomic E-state index is 0.815. The smallest absolute Gasteiger partial charge is 0.00922 e. The molecule has 2 aliphatic carbocycles. The van der Waals surface area contributed by atoms with Crippen molar-refractivity contribution in [2.75, 3.05) is 20.1 Å². The van der Waals surface area contributed by atoms with Gasteiger partial charge in [0.25, 0.3) is 0 Å². The van der Waals surface area contributed by atoms with E-state index in [1.807, 2.05) is 0 Å². The van der Waals surface area contributed by atoms with Crippen molar-refractivity contribution < 1.29 is 0 Å². The van der Waals surface area contributed by atoms with Crippen molar-refractivity contribution in [3.63, 3.8) is 0 Å². The molecule has 0 bridgehead atoms. The van der Waals surface area contributed by atoms with Crippen LogP contribution in [0.1, 0.15) is 83.5 Å². The Balaban J connectivity index is 1.53. The van der Waals surface area contributed by atoms with Gasteiger partial charge in [0.2, 0.25) is 0 Å². The van der Waals surface area contributed by atoms with E-state index < -0.39 is 0 Å². The summed E-state index contributed by atoms with van der Waals surface area (Å²) in [6.07, 6.45) is 18.7. The fourth-order valence-electron chi connectivity index (χ4n) is 4.00. The zero-order chi connectivity index (χ0) is 14.0. The van der Waals surface area contributed by atoms with Gasteiger partial charge < -0.3 is 10.2 Å². The summed E-state index contributed by atoms with van der Waals surface area (Å²) in [6, 6.07) is 1.69. The highest BCUT2D eigenvalue weighted by Crippen LogP contribution is 2.21. The molecule has 0 aromatic heterocycles. The van der Waals surface area contributed by atoms with Gasteiger partial charge in [0, 0.05) is 12.1 Å². The van der Waals surface area contributed by atoms with Crippen LogP contribution in [-0.2, 0) is 0 Å². The van der Waals surface area contributed by atoms with E-state index in [9.17, 15) is 0 Å². The highest BCUT2D eigenvalue weighted by Gasteiger charge is 2.17. The van der Waals surface area contributed by atoms with E-state index in [0.29, 0.717) is 0 Å². The fraction of sp³-hybridized carbons (Fsp3) is 1.00. The van der Waals surface area contributed by atoms with Gasteiger partial charge in [-0.15, -0.1) is 0 Å². The molecule has 0 aromatic rings. The summed E-state index contributed by atoms with van der Waals surface area (Å²) >= 11 is 0. The minimum Gasteiger partial charge on any atom is -0.314 e. The predicted molar refractivity (Wildman–Crippen MR) is 88.2 cm³/mol. The van der Waals surface area contributed by atoms with Crippen LogP contribution in [0.3, 0.4) is 0 Å². The number of hydrogen-bond acceptors (Lipinski definition) is 2. The molecule has 2 heteroatoms. The Kier molecular flexibility index (Phi) is 7.97. The summed E-state index contributed by atoms with van der Waals surface area (Å²) in [4.78, 5) is 2.62. The van der Waals surface area contributed by atoms with Crippen LogP contribution in [0.5, 0.6) is 0 Å². The second kappa shape index (κ2) is 9.78. The summed E-state index contributed by atoms with van der Waals surface area (Å²) in [5.74, 6) is 0. The molecule has 0 aromatic carbocycles. The van der Waals surface area contributed by atoms with E-state index in [1.165, 1.54) is 96.6 Å². The van der Waals surface area contributed by atoms with E-state index >= 15 is 0 Å². The van der Waals surface area contributed by atoms with E-state index in [2.05, 4.69) is 17.3 Å².